The lowest BCUT2D eigenvalue weighted by Crippen LogP contribution is -2.46. The number of thioether (sulfide) groups is 1. The number of hydrogen-bond acceptors (Lipinski definition) is 5. The van der Waals surface area contributed by atoms with E-state index >= 15 is 0 Å². The van der Waals surface area contributed by atoms with E-state index in [2.05, 4.69) is 6.92 Å². The van der Waals surface area contributed by atoms with Gasteiger partial charge in [0.05, 0.1) is 6.61 Å². The molecule has 0 aliphatic rings. The van der Waals surface area contributed by atoms with E-state index in [-0.39, 0.29) is 12.6 Å². The van der Waals surface area contributed by atoms with Crippen molar-refractivity contribution in [3.05, 3.63) is 35.9 Å². The Morgan fingerprint density at radius 3 is 2.67 bits per heavy atom. The number of benzene rings is 1. The lowest BCUT2D eigenvalue weighted by atomic mass is 9.88. The van der Waals surface area contributed by atoms with Gasteiger partial charge in [0, 0.05) is 11.9 Å². The minimum Gasteiger partial charge on any atom is -0.464 e. The van der Waals surface area contributed by atoms with E-state index < -0.39 is 5.54 Å². The molecular weight excluding hydrogens is 286 g/mol. The van der Waals surface area contributed by atoms with Gasteiger partial charge in [0.15, 0.2) is 0 Å². The molecule has 2 atom stereocenters. The zero-order valence-electron chi connectivity index (χ0n) is 12.7. The molecule has 0 aliphatic heterocycles. The number of aliphatic hydroxyl groups is 1. The van der Waals surface area contributed by atoms with Crippen LogP contribution in [0.25, 0.3) is 0 Å². The number of hydrogen-bond donors (Lipinski definition) is 2. The van der Waals surface area contributed by atoms with Gasteiger partial charge in [-0.25, -0.2) is 4.79 Å². The summed E-state index contributed by atoms with van der Waals surface area (Å²) in [6.45, 7) is 4.34. The molecule has 1 aromatic carbocycles. The number of carbonyl (C=O) groups excluding carboxylic acids is 1. The Bertz CT molecular complexity index is 427. The molecule has 0 fully saturated rings. The summed E-state index contributed by atoms with van der Waals surface area (Å²) >= 11 is 1.71. The van der Waals surface area contributed by atoms with Crippen molar-refractivity contribution in [3.63, 3.8) is 0 Å². The Kier molecular flexibility index (Phi) is 7.78. The third kappa shape index (κ3) is 5.34. The van der Waals surface area contributed by atoms with Crippen LogP contribution in [0.3, 0.4) is 0 Å². The first kappa shape index (κ1) is 18.0. The van der Waals surface area contributed by atoms with Crippen molar-refractivity contribution in [1.82, 2.24) is 0 Å². The third-order valence-electron chi connectivity index (χ3n) is 3.36. The molecule has 0 amide bonds. The van der Waals surface area contributed by atoms with Crippen molar-refractivity contribution in [2.45, 2.75) is 37.5 Å². The third-order valence-corrected chi connectivity index (χ3v) is 4.61. The molecule has 1 rings (SSSR count). The summed E-state index contributed by atoms with van der Waals surface area (Å²) < 4.78 is 5.15. The fraction of sp³-hybridized carbons (Fsp3) is 0.562. The van der Waals surface area contributed by atoms with Crippen molar-refractivity contribution in [1.29, 1.82) is 0 Å². The summed E-state index contributed by atoms with van der Waals surface area (Å²) in [6.07, 6.45) is 1.25. The molecule has 1 aromatic rings. The Balaban J connectivity index is 2.76. The van der Waals surface area contributed by atoms with E-state index in [0.717, 1.165) is 17.7 Å². The maximum atomic E-state index is 12.3. The molecule has 3 N–H and O–H groups in total. The molecule has 2 unspecified atom stereocenters. The molecule has 0 saturated carbocycles. The summed E-state index contributed by atoms with van der Waals surface area (Å²) in [5.41, 5.74) is 6.04. The average Bonchev–Trinajstić information content (AvgIpc) is 2.48. The van der Waals surface area contributed by atoms with Crippen LogP contribution in [0, 0.1) is 0 Å². The predicted octanol–water partition coefficient (Wildman–Crippen LogP) is 2.30. The normalized spacial score (nSPS) is 15.2. The van der Waals surface area contributed by atoms with Gasteiger partial charge in [0.25, 0.3) is 0 Å². The summed E-state index contributed by atoms with van der Waals surface area (Å²) in [4.78, 5) is 12.3. The van der Waals surface area contributed by atoms with Crippen LogP contribution in [0.15, 0.2) is 30.3 Å². The molecule has 0 bridgehead atoms. The molecular formula is C16H25NO3S. The predicted molar refractivity (Wildman–Crippen MR) is 87.2 cm³/mol. The van der Waals surface area contributed by atoms with Crippen LogP contribution < -0.4 is 5.73 Å². The van der Waals surface area contributed by atoms with Gasteiger partial charge in [0.1, 0.15) is 5.54 Å². The Morgan fingerprint density at radius 2 is 2.10 bits per heavy atom. The van der Waals surface area contributed by atoms with Gasteiger partial charge in [-0.1, -0.05) is 37.3 Å². The van der Waals surface area contributed by atoms with Crippen molar-refractivity contribution in [2.24, 2.45) is 5.73 Å². The molecule has 0 aromatic heterocycles. The van der Waals surface area contributed by atoms with E-state index in [0.29, 0.717) is 18.3 Å². The lowest BCUT2D eigenvalue weighted by molar-refractivity contribution is -0.150. The Hall–Kier alpha value is -1.04. The van der Waals surface area contributed by atoms with E-state index in [1.54, 1.807) is 18.7 Å². The molecule has 118 valence electrons. The fourth-order valence-corrected chi connectivity index (χ4v) is 3.16. The number of nitrogens with two attached hydrogens (primary N) is 1. The number of carbonyl (C=O) groups is 1. The second kappa shape index (κ2) is 9.07. The highest BCUT2D eigenvalue weighted by Crippen LogP contribution is 2.27. The Morgan fingerprint density at radius 1 is 1.43 bits per heavy atom. The quantitative estimate of drug-likeness (QED) is 0.685. The number of ether oxygens (including phenoxy) is 1. The number of aliphatic hydroxyl groups excluding tert-OH is 1. The maximum Gasteiger partial charge on any atom is 0.330 e. The molecule has 0 heterocycles. The molecule has 0 aliphatic carbocycles. The van der Waals surface area contributed by atoms with Crippen LogP contribution in [-0.2, 0) is 15.1 Å². The topological polar surface area (TPSA) is 72.5 Å². The van der Waals surface area contributed by atoms with Crippen LogP contribution in [0.4, 0.5) is 0 Å². The van der Waals surface area contributed by atoms with Gasteiger partial charge in [-0.2, -0.15) is 11.8 Å². The first-order valence-electron chi connectivity index (χ1n) is 7.28. The van der Waals surface area contributed by atoms with Gasteiger partial charge in [-0.3, -0.25) is 0 Å². The Labute approximate surface area is 131 Å². The van der Waals surface area contributed by atoms with Gasteiger partial charge >= 0.3 is 5.97 Å². The highest BCUT2D eigenvalue weighted by Gasteiger charge is 2.37. The van der Waals surface area contributed by atoms with Crippen LogP contribution in [0.1, 0.15) is 32.3 Å². The molecule has 0 saturated heterocycles. The zero-order chi connectivity index (χ0) is 15.7. The highest BCUT2D eigenvalue weighted by atomic mass is 32.2. The maximum absolute atomic E-state index is 12.3. The first-order valence-corrected chi connectivity index (χ1v) is 8.33. The largest absolute Gasteiger partial charge is 0.464 e. The zero-order valence-corrected chi connectivity index (χ0v) is 13.6. The molecule has 4 nitrogen and oxygen atoms in total. The van der Waals surface area contributed by atoms with Crippen LogP contribution in [-0.4, -0.2) is 35.3 Å². The monoisotopic (exact) mass is 311 g/mol. The molecule has 5 heteroatoms. The van der Waals surface area contributed by atoms with E-state index in [1.165, 1.54) is 0 Å². The fourth-order valence-electron chi connectivity index (χ4n) is 2.05. The molecule has 21 heavy (non-hydrogen) atoms. The highest BCUT2D eigenvalue weighted by molar-refractivity contribution is 7.99. The average molecular weight is 311 g/mol. The van der Waals surface area contributed by atoms with E-state index in [4.69, 9.17) is 15.6 Å². The van der Waals surface area contributed by atoms with Crippen molar-refractivity contribution in [3.8, 4) is 0 Å². The summed E-state index contributed by atoms with van der Waals surface area (Å²) in [5.74, 6) is 0.359. The second-order valence-electron chi connectivity index (χ2n) is 5.00. The van der Waals surface area contributed by atoms with Gasteiger partial charge in [-0.15, -0.1) is 0 Å². The van der Waals surface area contributed by atoms with Gasteiger partial charge < -0.3 is 15.6 Å². The summed E-state index contributed by atoms with van der Waals surface area (Å²) in [6, 6.07) is 9.36. The first-order chi connectivity index (χ1) is 10.0. The second-order valence-corrected chi connectivity index (χ2v) is 6.55. The number of esters is 1. The summed E-state index contributed by atoms with van der Waals surface area (Å²) in [7, 11) is 0. The number of rotatable bonds is 9. The van der Waals surface area contributed by atoms with Crippen LogP contribution in [0.2, 0.25) is 0 Å². The van der Waals surface area contributed by atoms with Gasteiger partial charge in [0.2, 0.25) is 0 Å². The van der Waals surface area contributed by atoms with Crippen LogP contribution in [0.5, 0.6) is 0 Å². The smallest absolute Gasteiger partial charge is 0.330 e. The SMILES string of the molecule is CCOC(=O)C(N)(CCSC(C)CCO)c1ccccc1. The van der Waals surface area contributed by atoms with E-state index in [1.807, 2.05) is 30.3 Å². The molecule has 0 spiro atoms. The standard InChI is InChI=1S/C16H25NO3S/c1-3-20-15(19)16(17,14-7-5-4-6-8-14)10-12-21-13(2)9-11-18/h4-8,13,18H,3,9-12,17H2,1-2H3. The minimum absolute atomic E-state index is 0.179. The van der Waals surface area contributed by atoms with Crippen molar-refractivity contribution < 1.29 is 14.6 Å². The van der Waals surface area contributed by atoms with Crippen molar-refractivity contribution in [2.75, 3.05) is 19.0 Å². The lowest BCUT2D eigenvalue weighted by Gasteiger charge is -2.28. The van der Waals surface area contributed by atoms with Crippen LogP contribution >= 0.6 is 11.8 Å². The summed E-state index contributed by atoms with van der Waals surface area (Å²) in [5, 5.41) is 9.26. The molecule has 0 radical (unpaired) electrons. The van der Waals surface area contributed by atoms with E-state index in [9.17, 15) is 4.79 Å². The van der Waals surface area contributed by atoms with Gasteiger partial charge in [-0.05, 0) is 31.1 Å². The van der Waals surface area contributed by atoms with Crippen molar-refractivity contribution >= 4 is 17.7 Å². The minimum atomic E-state index is -1.11.